The Kier molecular flexibility index (Phi) is 1.73. The van der Waals surface area contributed by atoms with Gasteiger partial charge in [0, 0.05) is 0 Å². The van der Waals surface area contributed by atoms with Crippen molar-refractivity contribution in [1.29, 1.82) is 0 Å². The highest BCUT2D eigenvalue weighted by atomic mass is 13.8. The molecule has 0 radical (unpaired) electrons. The molecule has 0 spiro atoms. The Labute approximate surface area is 51.0 Å². The van der Waals surface area contributed by atoms with E-state index in [9.17, 15) is 0 Å². The fraction of sp³-hybridized carbons (Fsp3) is 0.143. The molecule has 1 heteroatoms. The van der Waals surface area contributed by atoms with Crippen molar-refractivity contribution in [1.82, 2.24) is 0 Å². The fourth-order valence-corrected chi connectivity index (χ4v) is 0.685. The lowest BCUT2D eigenvalue weighted by atomic mass is 9.93. The van der Waals surface area contributed by atoms with Crippen molar-refractivity contribution in [3.63, 3.8) is 0 Å². The highest BCUT2D eigenvalue weighted by Gasteiger charge is 1.83. The molecule has 1 aliphatic rings. The van der Waals surface area contributed by atoms with E-state index in [1.54, 1.807) is 0 Å². The topological polar surface area (TPSA) is 0 Å². The second-order valence-electron chi connectivity index (χ2n) is 2.03. The van der Waals surface area contributed by atoms with Gasteiger partial charge in [-0.05, 0) is 6.42 Å². The zero-order valence-corrected chi connectivity index (χ0v) is 5.09. The molecule has 1 rings (SSSR count). The van der Waals surface area contributed by atoms with Crippen LogP contribution in [0.3, 0.4) is 0 Å². The van der Waals surface area contributed by atoms with Crippen LogP contribution in [0.5, 0.6) is 0 Å². The standard InChI is InChI=1S/C7H9B/c8-7-5-3-1-2-4-6-7/h1-5H,6,8H2. The maximum Gasteiger partial charge on any atom is 0.134 e. The third-order valence-corrected chi connectivity index (χ3v) is 1.18. The normalized spacial score (nSPS) is 17.8. The van der Waals surface area contributed by atoms with E-state index in [2.05, 4.69) is 38.2 Å². The molecule has 0 amide bonds. The highest BCUT2D eigenvalue weighted by molar-refractivity contribution is 6.21. The molecule has 8 heavy (non-hydrogen) atoms. The van der Waals surface area contributed by atoms with Crippen LogP contribution >= 0.6 is 0 Å². The molecule has 0 saturated carbocycles. The summed E-state index contributed by atoms with van der Waals surface area (Å²) in [6.07, 6.45) is 11.6. The lowest BCUT2D eigenvalue weighted by molar-refractivity contribution is 1.36. The minimum absolute atomic E-state index is 1.10. The van der Waals surface area contributed by atoms with E-state index in [1.165, 1.54) is 5.47 Å². The molecule has 0 aliphatic heterocycles. The van der Waals surface area contributed by atoms with Gasteiger partial charge in [-0.25, -0.2) is 0 Å². The van der Waals surface area contributed by atoms with E-state index in [4.69, 9.17) is 0 Å². The van der Waals surface area contributed by atoms with Gasteiger partial charge in [-0.15, -0.1) is 5.47 Å². The first-order valence-corrected chi connectivity index (χ1v) is 2.88. The zero-order chi connectivity index (χ0) is 5.82. The molecule has 0 aromatic carbocycles. The number of allylic oxidation sites excluding steroid dienone is 6. The van der Waals surface area contributed by atoms with Gasteiger partial charge in [0.15, 0.2) is 0 Å². The van der Waals surface area contributed by atoms with Gasteiger partial charge in [-0.2, -0.15) is 0 Å². The van der Waals surface area contributed by atoms with Gasteiger partial charge in [0.2, 0.25) is 0 Å². The van der Waals surface area contributed by atoms with Crippen LogP contribution in [0.1, 0.15) is 6.42 Å². The van der Waals surface area contributed by atoms with Gasteiger partial charge < -0.3 is 0 Å². The first kappa shape index (κ1) is 5.42. The summed E-state index contributed by atoms with van der Waals surface area (Å²) < 4.78 is 0. The molecular weight excluding hydrogens is 94.9 g/mol. The minimum Gasteiger partial charge on any atom is -0.106 e. The summed E-state index contributed by atoms with van der Waals surface area (Å²) in [6, 6.07) is 0. The Morgan fingerprint density at radius 3 is 3.00 bits per heavy atom. The van der Waals surface area contributed by atoms with Crippen molar-refractivity contribution >= 4 is 7.85 Å². The van der Waals surface area contributed by atoms with Crippen molar-refractivity contribution < 1.29 is 0 Å². The molecule has 40 valence electrons. The quantitative estimate of drug-likeness (QED) is 0.402. The predicted molar refractivity (Wildman–Crippen MR) is 39.5 cm³/mol. The Morgan fingerprint density at radius 2 is 2.12 bits per heavy atom. The van der Waals surface area contributed by atoms with Crippen molar-refractivity contribution in [2.75, 3.05) is 0 Å². The average molecular weight is 104 g/mol. The van der Waals surface area contributed by atoms with Gasteiger partial charge in [0.05, 0.1) is 0 Å². The van der Waals surface area contributed by atoms with Crippen molar-refractivity contribution in [2.24, 2.45) is 0 Å². The van der Waals surface area contributed by atoms with E-state index in [1.807, 2.05) is 0 Å². The first-order chi connectivity index (χ1) is 3.89. The number of hydrogen-bond acceptors (Lipinski definition) is 0. The van der Waals surface area contributed by atoms with Gasteiger partial charge in [0.25, 0.3) is 0 Å². The monoisotopic (exact) mass is 104 g/mol. The molecule has 0 nitrogen and oxygen atoms in total. The predicted octanol–water partition coefficient (Wildman–Crippen LogP) is 1.02. The Balaban J connectivity index is 2.69. The van der Waals surface area contributed by atoms with E-state index in [0.717, 1.165) is 6.42 Å². The highest BCUT2D eigenvalue weighted by Crippen LogP contribution is 2.00. The third-order valence-electron chi connectivity index (χ3n) is 1.18. The lowest BCUT2D eigenvalue weighted by Crippen LogP contribution is -1.74. The molecule has 0 aromatic rings. The van der Waals surface area contributed by atoms with E-state index < -0.39 is 0 Å². The van der Waals surface area contributed by atoms with E-state index in [-0.39, 0.29) is 0 Å². The van der Waals surface area contributed by atoms with Gasteiger partial charge in [-0.3, -0.25) is 0 Å². The lowest BCUT2D eigenvalue weighted by Gasteiger charge is -1.86. The maximum absolute atomic E-state index is 2.16. The summed E-state index contributed by atoms with van der Waals surface area (Å²) in [5, 5.41) is 0. The van der Waals surface area contributed by atoms with Crippen LogP contribution in [-0.4, -0.2) is 7.85 Å². The molecule has 0 fully saturated rings. The molecule has 0 heterocycles. The largest absolute Gasteiger partial charge is 0.134 e. The molecule has 0 atom stereocenters. The molecular formula is C7H9B. The second-order valence-corrected chi connectivity index (χ2v) is 2.03. The zero-order valence-electron chi connectivity index (χ0n) is 5.09. The average Bonchev–Trinajstić information content (AvgIpc) is 1.94. The first-order valence-electron chi connectivity index (χ1n) is 2.88. The van der Waals surface area contributed by atoms with Gasteiger partial charge in [0.1, 0.15) is 7.85 Å². The summed E-state index contributed by atoms with van der Waals surface area (Å²) in [4.78, 5) is 0. The van der Waals surface area contributed by atoms with Crippen LogP contribution in [0.2, 0.25) is 0 Å². The minimum atomic E-state index is 1.10. The number of hydrogen-bond donors (Lipinski definition) is 0. The van der Waals surface area contributed by atoms with Gasteiger partial charge >= 0.3 is 0 Å². The van der Waals surface area contributed by atoms with Gasteiger partial charge in [-0.1, -0.05) is 30.4 Å². The Morgan fingerprint density at radius 1 is 1.25 bits per heavy atom. The summed E-state index contributed by atoms with van der Waals surface area (Å²) in [6.45, 7) is 0. The van der Waals surface area contributed by atoms with E-state index in [0.29, 0.717) is 0 Å². The molecule has 1 aliphatic carbocycles. The Bertz CT molecular complexity index is 152. The van der Waals surface area contributed by atoms with E-state index >= 15 is 0 Å². The number of rotatable bonds is 0. The van der Waals surface area contributed by atoms with Crippen LogP contribution in [-0.2, 0) is 0 Å². The van der Waals surface area contributed by atoms with Crippen LogP contribution < -0.4 is 0 Å². The van der Waals surface area contributed by atoms with Crippen LogP contribution in [0.15, 0.2) is 35.9 Å². The SMILES string of the molecule is BC1=CC=CC=CC1. The van der Waals surface area contributed by atoms with Crippen molar-refractivity contribution in [3.05, 3.63) is 35.9 Å². The molecule has 0 saturated heterocycles. The maximum atomic E-state index is 2.16. The molecule has 0 N–H and O–H groups in total. The van der Waals surface area contributed by atoms with Crippen LogP contribution in [0.4, 0.5) is 0 Å². The summed E-state index contributed by atoms with van der Waals surface area (Å²) in [5.74, 6) is 0. The summed E-state index contributed by atoms with van der Waals surface area (Å²) >= 11 is 0. The molecule has 0 bridgehead atoms. The summed E-state index contributed by atoms with van der Waals surface area (Å²) in [5.41, 5.74) is 1.43. The smallest absolute Gasteiger partial charge is 0.106 e. The van der Waals surface area contributed by atoms with Crippen LogP contribution in [0, 0.1) is 0 Å². The Hall–Kier alpha value is -0.715. The van der Waals surface area contributed by atoms with Crippen LogP contribution in [0.25, 0.3) is 0 Å². The molecule has 0 unspecified atom stereocenters. The van der Waals surface area contributed by atoms with Crippen molar-refractivity contribution in [2.45, 2.75) is 6.42 Å². The summed E-state index contributed by atoms with van der Waals surface area (Å²) in [7, 11) is 2.14. The molecule has 0 aromatic heterocycles. The second kappa shape index (κ2) is 2.56. The van der Waals surface area contributed by atoms with Crippen molar-refractivity contribution in [3.8, 4) is 0 Å². The fourth-order valence-electron chi connectivity index (χ4n) is 0.685. The third kappa shape index (κ3) is 1.41.